The number of halogens is 4. The van der Waals surface area contributed by atoms with Gasteiger partial charge in [-0.3, -0.25) is 4.79 Å². The third kappa shape index (κ3) is 6.98. The molecule has 0 spiro atoms. The third-order valence-electron chi connectivity index (χ3n) is 4.76. The molecule has 3 N–H and O–H groups in total. The lowest BCUT2D eigenvalue weighted by molar-refractivity contribution is -0.117. The van der Waals surface area contributed by atoms with Crippen LogP contribution in [0.3, 0.4) is 0 Å². The zero-order valence-electron chi connectivity index (χ0n) is 18.0. The summed E-state index contributed by atoms with van der Waals surface area (Å²) in [5, 5.41) is 14.6. The third-order valence-corrected chi connectivity index (χ3v) is 4.76. The van der Waals surface area contributed by atoms with Crippen molar-refractivity contribution in [2.75, 3.05) is 13.1 Å². The summed E-state index contributed by atoms with van der Waals surface area (Å²) in [6.07, 6.45) is -1.69. The summed E-state index contributed by atoms with van der Waals surface area (Å²) >= 11 is 0. The number of aliphatic hydroxyl groups is 1. The van der Waals surface area contributed by atoms with E-state index >= 15 is 0 Å². The second-order valence-electron chi connectivity index (χ2n) is 7.50. The van der Waals surface area contributed by atoms with Crippen LogP contribution in [0, 0.1) is 5.82 Å². The number of amides is 1. The summed E-state index contributed by atoms with van der Waals surface area (Å²) in [6.45, 7) is 7.43. The first-order chi connectivity index (χ1) is 15.0. The van der Waals surface area contributed by atoms with Crippen molar-refractivity contribution in [3.8, 4) is 0 Å². The van der Waals surface area contributed by atoms with Gasteiger partial charge in [0.2, 0.25) is 0 Å². The second-order valence-corrected chi connectivity index (χ2v) is 7.50. The van der Waals surface area contributed by atoms with Crippen LogP contribution in [-0.2, 0) is 11.2 Å². The lowest BCUT2D eigenvalue weighted by atomic mass is 10.0. The molecule has 0 fully saturated rings. The fourth-order valence-corrected chi connectivity index (χ4v) is 3.35. The van der Waals surface area contributed by atoms with Crippen molar-refractivity contribution in [1.29, 1.82) is 0 Å². The number of nitrogens with one attached hydrogen (secondary N) is 2. The number of hydrogen-bond acceptors (Lipinski definition) is 4. The van der Waals surface area contributed by atoms with Gasteiger partial charge in [0, 0.05) is 31.3 Å². The van der Waals surface area contributed by atoms with Gasteiger partial charge in [-0.2, -0.15) is 13.2 Å². The van der Waals surface area contributed by atoms with Gasteiger partial charge in [0.25, 0.3) is 5.91 Å². The number of rotatable bonds is 10. The Morgan fingerprint density at radius 3 is 2.66 bits per heavy atom. The van der Waals surface area contributed by atoms with Gasteiger partial charge in [-0.1, -0.05) is 31.2 Å². The maximum atomic E-state index is 13.6. The van der Waals surface area contributed by atoms with Crippen LogP contribution in [0.4, 0.5) is 17.6 Å². The minimum Gasteiger partial charge on any atom is -0.510 e. The largest absolute Gasteiger partial charge is 0.510 e. The van der Waals surface area contributed by atoms with Crippen molar-refractivity contribution >= 4 is 5.91 Å². The van der Waals surface area contributed by atoms with E-state index < -0.39 is 23.5 Å². The second kappa shape index (κ2) is 11.0. The number of nitrogens with zero attached hydrogens (tertiary/aromatic N) is 1. The van der Waals surface area contributed by atoms with E-state index in [1.54, 1.807) is 11.1 Å². The van der Waals surface area contributed by atoms with Crippen molar-refractivity contribution in [2.45, 2.75) is 39.3 Å². The van der Waals surface area contributed by atoms with Crippen LogP contribution >= 0.6 is 0 Å². The van der Waals surface area contributed by atoms with Gasteiger partial charge in [0.1, 0.15) is 11.6 Å². The minimum absolute atomic E-state index is 0.0992. The van der Waals surface area contributed by atoms with E-state index in [4.69, 9.17) is 0 Å². The summed E-state index contributed by atoms with van der Waals surface area (Å²) in [7, 11) is 0. The van der Waals surface area contributed by atoms with Crippen LogP contribution in [0.25, 0.3) is 0 Å². The molecule has 0 saturated carbocycles. The minimum atomic E-state index is -4.60. The van der Waals surface area contributed by atoms with Gasteiger partial charge in [-0.25, -0.2) is 9.40 Å². The first-order valence-corrected chi connectivity index (χ1v) is 10.1. The number of hydrazine groups is 1. The van der Waals surface area contributed by atoms with Crippen molar-refractivity contribution in [3.63, 3.8) is 0 Å². The molecule has 0 atom stereocenters. The molecule has 0 bridgehead atoms. The van der Waals surface area contributed by atoms with Crippen LogP contribution in [0.1, 0.15) is 32.3 Å². The van der Waals surface area contributed by atoms with Gasteiger partial charge >= 0.3 is 6.18 Å². The molecule has 0 aromatic heterocycles. The van der Waals surface area contributed by atoms with Gasteiger partial charge in [-0.05, 0) is 37.1 Å². The first kappa shape index (κ1) is 25.2. The van der Waals surface area contributed by atoms with Gasteiger partial charge in [0.15, 0.2) is 0 Å². The fraction of sp³-hybridized carbons (Fsp3) is 0.348. The highest BCUT2D eigenvalue weighted by Gasteiger charge is 2.38. The Kier molecular flexibility index (Phi) is 8.65. The number of allylic oxidation sites excluding steroid dienone is 3. The Labute approximate surface area is 184 Å². The smallest absolute Gasteiger partial charge is 0.414 e. The lowest BCUT2D eigenvalue weighted by Crippen LogP contribution is -2.37. The van der Waals surface area contributed by atoms with Gasteiger partial charge in [0.05, 0.1) is 17.7 Å². The van der Waals surface area contributed by atoms with Crippen LogP contribution in [0.2, 0.25) is 0 Å². The van der Waals surface area contributed by atoms with E-state index in [9.17, 15) is 27.5 Å². The molecule has 32 heavy (non-hydrogen) atoms. The number of carbonyl (C=O) groups excluding carboxylic acids is 1. The molecule has 174 valence electrons. The molecule has 1 amide bonds. The fourth-order valence-electron chi connectivity index (χ4n) is 3.35. The van der Waals surface area contributed by atoms with Crippen LogP contribution in [0.15, 0.2) is 71.3 Å². The molecule has 9 heteroatoms. The molecule has 0 saturated heterocycles. The Hall–Kier alpha value is -3.07. The zero-order valence-corrected chi connectivity index (χ0v) is 18.0. The zero-order chi connectivity index (χ0) is 23.9. The summed E-state index contributed by atoms with van der Waals surface area (Å²) < 4.78 is 53.7. The molecule has 5 nitrogen and oxygen atoms in total. The number of hydrogen-bond donors (Lipinski definition) is 3. The van der Waals surface area contributed by atoms with Crippen molar-refractivity contribution in [1.82, 2.24) is 15.8 Å². The predicted octanol–water partition coefficient (Wildman–Crippen LogP) is 4.82. The molecule has 0 aliphatic heterocycles. The van der Waals surface area contributed by atoms with Crippen LogP contribution < -0.4 is 10.7 Å². The molecule has 0 unspecified atom stereocenters. The maximum Gasteiger partial charge on any atom is 0.414 e. The molecule has 1 aliphatic carbocycles. The van der Waals surface area contributed by atoms with Crippen LogP contribution in [0.5, 0.6) is 0 Å². The number of alkyl halides is 3. The standard InChI is InChI=1S/C23H27F4N3O2/c1-4-9-30(28-5-2)14-21(31)18(13-16-7-6-8-17(24)12-16)22(32)29-20-11-15(3)10-19(20)23(25,26)27/h5-8,11-12,28,31H,2,4,9-10,13-14H2,1,3H3,(H,29,32)/b21-18-. The quantitative estimate of drug-likeness (QED) is 0.206. The van der Waals surface area contributed by atoms with Crippen molar-refractivity contribution in [3.05, 3.63) is 82.7 Å². The Bertz CT molecular complexity index is 949. The van der Waals surface area contributed by atoms with Crippen molar-refractivity contribution < 1.29 is 27.5 Å². The van der Waals surface area contributed by atoms with Crippen molar-refractivity contribution in [2.24, 2.45) is 0 Å². The summed E-state index contributed by atoms with van der Waals surface area (Å²) in [5.74, 6) is -1.76. The normalized spacial score (nSPS) is 14.9. The molecule has 2 rings (SSSR count). The van der Waals surface area contributed by atoms with Gasteiger partial charge in [-0.15, -0.1) is 0 Å². The Balaban J connectivity index is 2.40. The van der Waals surface area contributed by atoms with E-state index in [1.165, 1.54) is 37.4 Å². The average Bonchev–Trinajstić information content (AvgIpc) is 3.07. The predicted molar refractivity (Wildman–Crippen MR) is 115 cm³/mol. The summed E-state index contributed by atoms with van der Waals surface area (Å²) in [4.78, 5) is 13.0. The maximum absolute atomic E-state index is 13.6. The number of aliphatic hydroxyl groups excluding tert-OH is 1. The Morgan fingerprint density at radius 2 is 2.06 bits per heavy atom. The SMILES string of the molecule is C=CNN(CCC)C/C(O)=C(\Cc1cccc(F)c1)C(=O)NC1=C(C(F)(F)F)CC(C)=C1. The Morgan fingerprint density at radius 1 is 1.34 bits per heavy atom. The molecule has 1 aliphatic rings. The molecular formula is C23H27F4N3O2. The lowest BCUT2D eigenvalue weighted by Gasteiger charge is -2.22. The van der Waals surface area contributed by atoms with E-state index in [2.05, 4.69) is 17.3 Å². The first-order valence-electron chi connectivity index (χ1n) is 10.1. The highest BCUT2D eigenvalue weighted by Crippen LogP contribution is 2.37. The summed E-state index contributed by atoms with van der Waals surface area (Å²) in [6, 6.07) is 5.45. The monoisotopic (exact) mass is 453 g/mol. The average molecular weight is 453 g/mol. The molecule has 0 heterocycles. The van der Waals surface area contributed by atoms with E-state index in [1.807, 2.05) is 6.92 Å². The van der Waals surface area contributed by atoms with E-state index in [-0.39, 0.29) is 36.4 Å². The highest BCUT2D eigenvalue weighted by atomic mass is 19.4. The molecular weight excluding hydrogens is 426 g/mol. The molecule has 1 aromatic rings. The van der Waals surface area contributed by atoms with E-state index in [0.29, 0.717) is 17.7 Å². The molecule has 1 aromatic carbocycles. The van der Waals surface area contributed by atoms with Crippen LogP contribution in [-0.4, -0.2) is 35.3 Å². The van der Waals surface area contributed by atoms with E-state index in [0.717, 1.165) is 6.42 Å². The highest BCUT2D eigenvalue weighted by molar-refractivity contribution is 5.96. The van der Waals surface area contributed by atoms with Gasteiger partial charge < -0.3 is 15.8 Å². The number of benzene rings is 1. The molecule has 0 radical (unpaired) electrons. The summed E-state index contributed by atoms with van der Waals surface area (Å²) in [5.41, 5.74) is 2.32. The topological polar surface area (TPSA) is 64.6 Å². The number of carbonyl (C=O) groups is 1.